The van der Waals surface area contributed by atoms with Gasteiger partial charge in [0.15, 0.2) is 0 Å². The fourth-order valence-corrected chi connectivity index (χ4v) is 6.76. The van der Waals surface area contributed by atoms with Crippen molar-refractivity contribution in [2.75, 3.05) is 27.8 Å². The number of nitrogens with zero attached hydrogens (tertiary/aromatic N) is 2. The zero-order valence-corrected chi connectivity index (χ0v) is 32.4. The Labute approximate surface area is 300 Å². The van der Waals surface area contributed by atoms with Gasteiger partial charge in [-0.1, -0.05) is 97.5 Å². The van der Waals surface area contributed by atoms with E-state index in [9.17, 15) is 19.2 Å². The fourth-order valence-electron chi connectivity index (χ4n) is 6.76. The number of esters is 1. The van der Waals surface area contributed by atoms with E-state index in [4.69, 9.17) is 14.2 Å². The Morgan fingerprint density at radius 3 is 2.08 bits per heavy atom. The zero-order chi connectivity index (χ0) is 38.1. The summed E-state index contributed by atoms with van der Waals surface area (Å²) in [4.78, 5) is 57.3. The molecule has 0 aliphatic heterocycles. The Bertz CT molecular complexity index is 1410. The second-order valence-electron chi connectivity index (χ2n) is 14.9. The van der Waals surface area contributed by atoms with E-state index in [1.165, 1.54) is 19.1 Å². The number of nitrogens with one attached hydrogen (secondary N) is 1. The molecule has 0 radical (unpaired) electrons. The van der Waals surface area contributed by atoms with Crippen molar-refractivity contribution < 1.29 is 33.4 Å². The molecule has 0 saturated carbocycles. The van der Waals surface area contributed by atoms with Crippen LogP contribution >= 0.6 is 0 Å². The Kier molecular flexibility index (Phi) is 15.5. The molecular weight excluding hydrogens is 634 g/mol. The number of methoxy groups -OCH3 is 1. The third-order valence-electron chi connectivity index (χ3n) is 9.44. The zero-order valence-electron chi connectivity index (χ0n) is 32.4. The summed E-state index contributed by atoms with van der Waals surface area (Å²) in [5.41, 5.74) is 3.26. The minimum Gasteiger partial charge on any atom is -0.460 e. The number of likely N-dealkylation sites (N-methyl/N-ethyl adjacent to an activating group) is 2. The first kappa shape index (κ1) is 42.2. The number of ether oxygens (including phenoxy) is 3. The summed E-state index contributed by atoms with van der Waals surface area (Å²) in [7, 11) is 4.73. The number of carbonyl (C=O) groups excluding carboxylic acids is 4. The van der Waals surface area contributed by atoms with Gasteiger partial charge in [0.05, 0.1) is 18.6 Å². The van der Waals surface area contributed by atoms with Gasteiger partial charge < -0.3 is 24.4 Å². The number of hydrogen-bond donors (Lipinski definition) is 1. The van der Waals surface area contributed by atoms with Crippen molar-refractivity contribution in [2.45, 2.75) is 111 Å². The number of carbonyl (C=O) groups is 4. The molecule has 10 heteroatoms. The number of fused-ring (bicyclic) bond motifs is 1. The molecule has 0 bridgehead atoms. The fraction of sp³-hybridized carbons (Fsp3) is 0.600. The molecule has 1 aliphatic rings. The minimum absolute atomic E-state index is 0.0324. The predicted octanol–water partition coefficient (Wildman–Crippen LogP) is 6.76. The highest BCUT2D eigenvalue weighted by Gasteiger charge is 2.40. The van der Waals surface area contributed by atoms with Gasteiger partial charge in [0.2, 0.25) is 11.8 Å². The largest absolute Gasteiger partial charge is 0.460 e. The van der Waals surface area contributed by atoms with Crippen molar-refractivity contribution in [3.63, 3.8) is 0 Å². The summed E-state index contributed by atoms with van der Waals surface area (Å²) in [6.45, 7) is 24.8. The lowest BCUT2D eigenvalue weighted by molar-refractivity contribution is -0.161. The smallest absolute Gasteiger partial charge is 0.410 e. The summed E-state index contributed by atoms with van der Waals surface area (Å²) < 4.78 is 17.2. The molecule has 0 saturated heterocycles. The summed E-state index contributed by atoms with van der Waals surface area (Å²) in [5, 5.41) is 2.95. The van der Waals surface area contributed by atoms with Crippen LogP contribution in [0.2, 0.25) is 0 Å². The summed E-state index contributed by atoms with van der Waals surface area (Å²) in [6.07, 6.45) is 2.96. The van der Waals surface area contributed by atoms with Crippen molar-refractivity contribution in [1.82, 2.24) is 15.1 Å². The topological polar surface area (TPSA) is 114 Å². The second-order valence-corrected chi connectivity index (χ2v) is 14.9. The van der Waals surface area contributed by atoms with Gasteiger partial charge in [-0.15, -0.1) is 0 Å². The van der Waals surface area contributed by atoms with Crippen LogP contribution in [0, 0.1) is 17.8 Å². The van der Waals surface area contributed by atoms with Crippen molar-refractivity contribution in [3.8, 4) is 0 Å². The number of rotatable bonds is 17. The molecule has 3 amide bonds. The molecule has 0 spiro atoms. The Balaban J connectivity index is 2.27. The van der Waals surface area contributed by atoms with Crippen LogP contribution in [0.1, 0.15) is 92.2 Å². The molecule has 0 fully saturated rings. The second kappa shape index (κ2) is 18.4. The molecule has 0 aromatic heterocycles. The molecular formula is C40H61N3O7. The standard InChI is InChI=1S/C40H61N3O7/c1-15-26(8)36(32(48-14)22-33(44)50-40(9,10)11)42(12)38(46)34(24(4)5)41-37(45)35(25(6)7)43(13)39(47)49-23-31-28(17-3)27(16-2)29-20-18-19-21-30(29)31/h16-21,24-26,31-32,34-36H,2-3,15,22-23H2,1,4-14H3,(H,41,45)/t26?,31?,32?,34-,35?,36?/m0/s1. The maximum atomic E-state index is 14.2. The van der Waals surface area contributed by atoms with Crippen molar-refractivity contribution in [2.24, 2.45) is 17.8 Å². The average Bonchev–Trinajstić information content (AvgIpc) is 3.36. The van der Waals surface area contributed by atoms with Crippen LogP contribution in [0.15, 0.2) is 55.1 Å². The van der Waals surface area contributed by atoms with Gasteiger partial charge in [-0.2, -0.15) is 0 Å². The first-order chi connectivity index (χ1) is 23.3. The van der Waals surface area contributed by atoms with Crippen LogP contribution in [0.4, 0.5) is 4.79 Å². The molecule has 1 N–H and O–H groups in total. The van der Waals surface area contributed by atoms with Crippen LogP contribution in [-0.4, -0.2) is 91.3 Å². The van der Waals surface area contributed by atoms with Crippen molar-refractivity contribution in [3.05, 3.63) is 66.3 Å². The van der Waals surface area contributed by atoms with E-state index >= 15 is 0 Å². The maximum absolute atomic E-state index is 14.2. The number of amides is 3. The van der Waals surface area contributed by atoms with Gasteiger partial charge >= 0.3 is 12.1 Å². The van der Waals surface area contributed by atoms with E-state index in [0.717, 1.165) is 28.7 Å². The molecule has 278 valence electrons. The molecule has 1 aliphatic carbocycles. The lowest BCUT2D eigenvalue weighted by Crippen LogP contribution is -2.60. The summed E-state index contributed by atoms with van der Waals surface area (Å²) >= 11 is 0. The van der Waals surface area contributed by atoms with Crippen molar-refractivity contribution in [1.29, 1.82) is 0 Å². The van der Waals surface area contributed by atoms with Crippen LogP contribution in [0.25, 0.3) is 5.57 Å². The third kappa shape index (κ3) is 10.3. The highest BCUT2D eigenvalue weighted by molar-refractivity contribution is 5.92. The van der Waals surface area contributed by atoms with E-state index in [-0.39, 0.29) is 42.6 Å². The van der Waals surface area contributed by atoms with E-state index in [1.807, 2.05) is 65.8 Å². The highest BCUT2D eigenvalue weighted by atomic mass is 16.6. The van der Waals surface area contributed by atoms with E-state index in [0.29, 0.717) is 0 Å². The van der Waals surface area contributed by atoms with Crippen LogP contribution in [-0.2, 0) is 28.6 Å². The average molecular weight is 696 g/mol. The first-order valence-corrected chi connectivity index (χ1v) is 17.6. The SMILES string of the molecule is C=CC1=C(C=C)C(COC(=O)N(C)C(C(=O)N[C@H](C(=O)N(C)C(C(C)CC)C(CC(=O)OC(C)(C)C)OC)C(C)C)C(C)C)c2ccccc21. The predicted molar refractivity (Wildman–Crippen MR) is 198 cm³/mol. The highest BCUT2D eigenvalue weighted by Crippen LogP contribution is 2.43. The van der Waals surface area contributed by atoms with Gasteiger partial charge in [0.25, 0.3) is 0 Å². The Morgan fingerprint density at radius 1 is 0.960 bits per heavy atom. The summed E-state index contributed by atoms with van der Waals surface area (Å²) in [5.74, 6) is -2.04. The molecule has 1 aromatic rings. The Hall–Kier alpha value is -3.92. The number of benzene rings is 1. The van der Waals surface area contributed by atoms with Gasteiger partial charge in [0, 0.05) is 27.1 Å². The van der Waals surface area contributed by atoms with Gasteiger partial charge in [-0.05, 0) is 60.8 Å². The number of hydrogen-bond acceptors (Lipinski definition) is 7. The molecule has 50 heavy (non-hydrogen) atoms. The molecule has 5 unspecified atom stereocenters. The summed E-state index contributed by atoms with van der Waals surface area (Å²) in [6, 6.07) is 5.61. The minimum atomic E-state index is -0.917. The molecule has 2 rings (SSSR count). The number of allylic oxidation sites excluding steroid dienone is 3. The molecule has 6 atom stereocenters. The third-order valence-corrected chi connectivity index (χ3v) is 9.44. The maximum Gasteiger partial charge on any atom is 0.410 e. The molecule has 0 heterocycles. The molecule has 10 nitrogen and oxygen atoms in total. The normalized spacial score (nSPS) is 17.3. The lowest BCUT2D eigenvalue weighted by Gasteiger charge is -2.40. The van der Waals surface area contributed by atoms with Crippen molar-refractivity contribution >= 4 is 29.5 Å². The van der Waals surface area contributed by atoms with E-state index in [2.05, 4.69) is 18.5 Å². The van der Waals surface area contributed by atoms with Crippen LogP contribution < -0.4 is 5.32 Å². The monoisotopic (exact) mass is 695 g/mol. The lowest BCUT2D eigenvalue weighted by atomic mass is 9.90. The van der Waals surface area contributed by atoms with E-state index < -0.39 is 47.8 Å². The van der Waals surface area contributed by atoms with Crippen LogP contribution in [0.5, 0.6) is 0 Å². The van der Waals surface area contributed by atoms with Gasteiger partial charge in [-0.25, -0.2) is 4.79 Å². The quantitative estimate of drug-likeness (QED) is 0.179. The molecule has 1 aromatic carbocycles. The van der Waals surface area contributed by atoms with Gasteiger partial charge in [-0.3, -0.25) is 19.3 Å². The van der Waals surface area contributed by atoms with Crippen LogP contribution in [0.3, 0.4) is 0 Å². The van der Waals surface area contributed by atoms with Gasteiger partial charge in [0.1, 0.15) is 24.3 Å². The van der Waals surface area contributed by atoms with E-state index in [1.54, 1.807) is 44.9 Å². The Morgan fingerprint density at radius 2 is 1.58 bits per heavy atom. The first-order valence-electron chi connectivity index (χ1n) is 17.6.